The highest BCUT2D eigenvalue weighted by atomic mass is 32.2. The van der Waals surface area contributed by atoms with E-state index < -0.39 is 31.0 Å². The van der Waals surface area contributed by atoms with E-state index in [1.54, 1.807) is 11.8 Å². The number of likely N-dealkylation sites (N-methyl/N-ethyl adjacent to an activating group) is 1. The Hall–Kier alpha value is -3.10. The summed E-state index contributed by atoms with van der Waals surface area (Å²) in [5.41, 5.74) is 5.29. The molecule has 2 fully saturated rings. The van der Waals surface area contributed by atoms with Gasteiger partial charge in [-0.3, -0.25) is 9.78 Å². The Kier molecular flexibility index (Phi) is 11.9. The van der Waals surface area contributed by atoms with E-state index in [1.807, 2.05) is 36.7 Å². The maximum absolute atomic E-state index is 12.6. The van der Waals surface area contributed by atoms with Crippen LogP contribution >= 0.6 is 11.8 Å². The first-order valence-electron chi connectivity index (χ1n) is 16.2. The number of carbonyl (C=O) groups excluding carboxylic acids is 1. The van der Waals surface area contributed by atoms with Gasteiger partial charge in [0.1, 0.15) is 30.2 Å². The molecule has 0 radical (unpaired) electrons. The number of amides is 1. The van der Waals surface area contributed by atoms with Crippen molar-refractivity contribution in [2.75, 3.05) is 26.0 Å². The lowest BCUT2D eigenvalue weighted by Gasteiger charge is -2.28. The van der Waals surface area contributed by atoms with Crippen molar-refractivity contribution in [3.63, 3.8) is 0 Å². The Balaban J connectivity index is 1.13. The fraction of sp³-hybridized carbons (Fsp3) is 0.514. The summed E-state index contributed by atoms with van der Waals surface area (Å²) in [7, 11) is 1.50. The van der Waals surface area contributed by atoms with Crippen LogP contribution in [-0.4, -0.2) is 103 Å². The predicted molar refractivity (Wildman–Crippen MR) is 179 cm³/mol. The third-order valence-corrected chi connectivity index (χ3v) is 9.87. The van der Waals surface area contributed by atoms with Crippen molar-refractivity contribution >= 4 is 17.7 Å². The summed E-state index contributed by atoms with van der Waals surface area (Å²) in [4.78, 5) is 23.3. The highest BCUT2D eigenvalue weighted by molar-refractivity contribution is 7.99. The maximum atomic E-state index is 12.6. The Labute approximate surface area is 280 Å². The number of thioether (sulfide) groups is 1. The van der Waals surface area contributed by atoms with Crippen LogP contribution < -0.4 is 10.1 Å². The van der Waals surface area contributed by atoms with Gasteiger partial charge >= 0.3 is 0 Å². The van der Waals surface area contributed by atoms with Crippen LogP contribution in [0.3, 0.4) is 0 Å². The van der Waals surface area contributed by atoms with Gasteiger partial charge in [-0.2, -0.15) is 0 Å². The molecule has 0 aliphatic heterocycles. The molecule has 4 atom stereocenters. The summed E-state index contributed by atoms with van der Waals surface area (Å²) in [5, 5.41) is 53.1. The van der Waals surface area contributed by atoms with Gasteiger partial charge in [-0.25, -0.2) is 4.98 Å². The summed E-state index contributed by atoms with van der Waals surface area (Å²) in [6.45, 7) is 1.68. The second kappa shape index (κ2) is 15.9. The Bertz CT molecular complexity index is 1500. The summed E-state index contributed by atoms with van der Waals surface area (Å²) in [5.74, 6) is 1.36. The van der Waals surface area contributed by atoms with E-state index in [-0.39, 0.29) is 24.4 Å². The lowest BCUT2D eigenvalue weighted by atomic mass is 9.94. The number of aliphatic hydroxyl groups is 5. The third-order valence-electron chi connectivity index (χ3n) is 8.85. The quantitative estimate of drug-likeness (QED) is 0.0872. The zero-order valence-corrected chi connectivity index (χ0v) is 27.8. The molecule has 2 saturated carbocycles. The van der Waals surface area contributed by atoms with Crippen LogP contribution in [0.2, 0.25) is 0 Å². The molecule has 0 bridgehead atoms. The number of hydrogen-bond acceptors (Lipinski definition) is 11. The Morgan fingerprint density at radius 2 is 1.81 bits per heavy atom. The van der Waals surface area contributed by atoms with E-state index in [1.165, 1.54) is 17.5 Å². The van der Waals surface area contributed by atoms with Gasteiger partial charge in [-0.15, -0.1) is 11.8 Å². The van der Waals surface area contributed by atoms with Crippen molar-refractivity contribution in [1.82, 2.24) is 20.2 Å². The number of aliphatic hydroxyl groups excluding tert-OH is 5. The largest absolute Gasteiger partial charge is 0.490 e. The molecule has 0 spiro atoms. The monoisotopic (exact) mass is 666 g/mol. The normalized spacial score (nSPS) is 17.9. The van der Waals surface area contributed by atoms with Gasteiger partial charge in [0, 0.05) is 50.1 Å². The molecule has 2 aromatic heterocycles. The summed E-state index contributed by atoms with van der Waals surface area (Å²) < 4.78 is 6.25. The predicted octanol–water partition coefficient (Wildman–Crippen LogP) is 2.54. The molecule has 254 valence electrons. The van der Waals surface area contributed by atoms with E-state index in [0.29, 0.717) is 24.8 Å². The third kappa shape index (κ3) is 9.08. The minimum absolute atomic E-state index is 0.180. The van der Waals surface area contributed by atoms with Crippen molar-refractivity contribution in [3.8, 4) is 16.9 Å². The first kappa shape index (κ1) is 35.2. The van der Waals surface area contributed by atoms with E-state index in [4.69, 9.17) is 14.8 Å². The zero-order valence-electron chi connectivity index (χ0n) is 27.0. The molecule has 2 aliphatic carbocycles. The van der Waals surface area contributed by atoms with E-state index >= 15 is 0 Å². The average molecular weight is 667 g/mol. The van der Waals surface area contributed by atoms with Gasteiger partial charge in [0.15, 0.2) is 0 Å². The van der Waals surface area contributed by atoms with Crippen LogP contribution in [0.4, 0.5) is 0 Å². The van der Waals surface area contributed by atoms with Crippen LogP contribution in [0.15, 0.2) is 59.9 Å². The molecular weight excluding hydrogens is 620 g/mol. The van der Waals surface area contributed by atoms with E-state index in [0.717, 1.165) is 58.8 Å². The fourth-order valence-electron chi connectivity index (χ4n) is 5.54. The fourth-order valence-corrected chi connectivity index (χ4v) is 6.38. The molecule has 1 aromatic carbocycles. The van der Waals surface area contributed by atoms with Crippen molar-refractivity contribution in [3.05, 3.63) is 71.7 Å². The molecule has 4 unspecified atom stereocenters. The second-order valence-corrected chi connectivity index (χ2v) is 13.7. The number of carbonyl (C=O) groups is 1. The van der Waals surface area contributed by atoms with E-state index in [9.17, 15) is 25.2 Å². The van der Waals surface area contributed by atoms with Gasteiger partial charge in [-0.05, 0) is 79.7 Å². The highest BCUT2D eigenvalue weighted by Gasteiger charge is 2.46. The van der Waals surface area contributed by atoms with Crippen LogP contribution in [-0.2, 0) is 16.9 Å². The van der Waals surface area contributed by atoms with E-state index in [2.05, 4.69) is 35.4 Å². The van der Waals surface area contributed by atoms with Gasteiger partial charge < -0.3 is 40.5 Å². The van der Waals surface area contributed by atoms with Crippen LogP contribution in [0.25, 0.3) is 11.1 Å². The minimum atomic E-state index is -1.73. The molecule has 12 heteroatoms. The molecule has 3 aromatic rings. The molecule has 6 N–H and O–H groups in total. The number of nitrogens with one attached hydrogen (secondary N) is 1. The summed E-state index contributed by atoms with van der Waals surface area (Å²) in [6, 6.07) is 14.4. The lowest BCUT2D eigenvalue weighted by molar-refractivity contribution is -0.138. The number of rotatable bonds is 18. The molecule has 1 amide bonds. The van der Waals surface area contributed by atoms with Crippen molar-refractivity contribution in [2.45, 2.75) is 93.1 Å². The molecule has 2 heterocycles. The minimum Gasteiger partial charge on any atom is -0.490 e. The van der Waals surface area contributed by atoms with Gasteiger partial charge in [0.2, 0.25) is 5.91 Å². The van der Waals surface area contributed by atoms with Gasteiger partial charge in [-0.1, -0.05) is 24.3 Å². The van der Waals surface area contributed by atoms with Gasteiger partial charge in [0.25, 0.3) is 0 Å². The number of aromatic nitrogens is 2. The molecular formula is C35H46N4O7S. The first-order valence-corrected chi connectivity index (χ1v) is 17.2. The summed E-state index contributed by atoms with van der Waals surface area (Å²) >= 11 is 1.57. The molecule has 0 saturated heterocycles. The first-order chi connectivity index (χ1) is 22.6. The van der Waals surface area contributed by atoms with Crippen molar-refractivity contribution in [2.24, 2.45) is 0 Å². The molecule has 5 rings (SSSR count). The molecule has 2 aliphatic rings. The highest BCUT2D eigenvalue weighted by Crippen LogP contribution is 2.50. The smallest absolute Gasteiger partial charge is 0.222 e. The van der Waals surface area contributed by atoms with Gasteiger partial charge in [0.05, 0.1) is 23.4 Å². The Morgan fingerprint density at radius 3 is 2.53 bits per heavy atom. The Morgan fingerprint density at radius 1 is 1.06 bits per heavy atom. The lowest BCUT2D eigenvalue weighted by Crippen LogP contribution is -2.49. The topological polar surface area (TPSA) is 169 Å². The zero-order chi connectivity index (χ0) is 33.6. The number of pyridine rings is 2. The molecule has 47 heavy (non-hydrogen) atoms. The average Bonchev–Trinajstić information content (AvgIpc) is 4.03. The number of hydrogen-bond donors (Lipinski definition) is 6. The maximum Gasteiger partial charge on any atom is 0.222 e. The SMILES string of the molecule is Cc1ccc(SCCCC(=O)N(C)CC(O)C(O)C(O)C(O)CO)nc1CNC1(c2cnccc2-c2ccccc2OC2CC2)CC1. The number of ether oxygens (including phenoxy) is 1. The molecule has 11 nitrogen and oxygen atoms in total. The number of aryl methyl sites for hydroxylation is 1. The number of para-hydroxylation sites is 1. The van der Waals surface area contributed by atoms with Crippen molar-refractivity contribution < 1.29 is 35.1 Å². The second-order valence-electron chi connectivity index (χ2n) is 12.6. The summed E-state index contributed by atoms with van der Waals surface area (Å²) in [6.07, 6.45) is 2.67. The van der Waals surface area contributed by atoms with Crippen LogP contribution in [0.1, 0.15) is 55.3 Å². The standard InChI is InChI=1S/C35H46N4O7S/c1-22-9-12-31(47-17-5-8-32(43)39(2)20-28(41)33(44)34(45)29(42)21-40)38-27(22)19-37-35(14-15-35)26-18-36-16-13-24(26)25-6-3-4-7-30(25)46-23-10-11-23/h3-4,6-7,9,12-13,16,18,23,28-29,33-34,37,40-42,44-45H,5,8,10-11,14-15,17,19-21H2,1-2H3. The van der Waals surface area contributed by atoms with Crippen molar-refractivity contribution in [1.29, 1.82) is 0 Å². The number of benzene rings is 1. The van der Waals surface area contributed by atoms with Crippen LogP contribution in [0, 0.1) is 6.92 Å². The number of nitrogens with zero attached hydrogens (tertiary/aromatic N) is 3. The van der Waals surface area contributed by atoms with Crippen LogP contribution in [0.5, 0.6) is 5.75 Å².